The molecule has 1 rings (SSSR count). The molecule has 0 radical (unpaired) electrons. The zero-order valence-electron chi connectivity index (χ0n) is 7.81. The molecular weight excluding hydrogens is 152 g/mol. The van der Waals surface area contributed by atoms with E-state index in [4.69, 9.17) is 5.11 Å². The largest absolute Gasteiger partial charge is 0.481 e. The molecular formula is C10H18O2. The van der Waals surface area contributed by atoms with Crippen LogP contribution in [0.15, 0.2) is 0 Å². The average Bonchev–Trinajstić information content (AvgIpc) is 2.05. The Labute approximate surface area is 74.0 Å². The van der Waals surface area contributed by atoms with Crippen molar-refractivity contribution in [2.75, 3.05) is 0 Å². The molecule has 2 heteroatoms. The van der Waals surface area contributed by atoms with Crippen molar-refractivity contribution >= 4 is 5.97 Å². The van der Waals surface area contributed by atoms with Crippen LogP contribution in [0.4, 0.5) is 0 Å². The van der Waals surface area contributed by atoms with Gasteiger partial charge in [0.1, 0.15) is 0 Å². The summed E-state index contributed by atoms with van der Waals surface area (Å²) < 4.78 is 0. The van der Waals surface area contributed by atoms with Crippen molar-refractivity contribution in [2.24, 2.45) is 5.41 Å². The summed E-state index contributed by atoms with van der Waals surface area (Å²) in [6.45, 7) is 2.12. The molecule has 2 nitrogen and oxygen atoms in total. The minimum absolute atomic E-state index is 0.143. The number of carbonyl (C=O) groups is 1. The Morgan fingerprint density at radius 1 is 1.33 bits per heavy atom. The summed E-state index contributed by atoms with van der Waals surface area (Å²) in [5.74, 6) is -0.626. The van der Waals surface area contributed by atoms with Crippen molar-refractivity contribution in [1.29, 1.82) is 0 Å². The average molecular weight is 170 g/mol. The first-order chi connectivity index (χ1) is 5.68. The van der Waals surface area contributed by atoms with Crippen LogP contribution in [0.2, 0.25) is 0 Å². The van der Waals surface area contributed by atoms with Crippen LogP contribution in [0, 0.1) is 5.41 Å². The first kappa shape index (κ1) is 9.56. The van der Waals surface area contributed by atoms with Gasteiger partial charge in [0.05, 0.1) is 6.42 Å². The number of hydrogen-bond donors (Lipinski definition) is 1. The van der Waals surface area contributed by atoms with Crippen molar-refractivity contribution in [3.8, 4) is 0 Å². The van der Waals surface area contributed by atoms with Gasteiger partial charge in [0, 0.05) is 0 Å². The van der Waals surface area contributed by atoms with Crippen LogP contribution in [0.1, 0.15) is 51.9 Å². The van der Waals surface area contributed by atoms with Crippen LogP contribution in [0.5, 0.6) is 0 Å². The molecule has 1 aliphatic rings. The molecule has 0 amide bonds. The van der Waals surface area contributed by atoms with Crippen LogP contribution in [0.3, 0.4) is 0 Å². The number of rotatable bonds is 3. The van der Waals surface area contributed by atoms with Gasteiger partial charge in [-0.3, -0.25) is 4.79 Å². The Morgan fingerprint density at radius 3 is 2.33 bits per heavy atom. The van der Waals surface area contributed by atoms with Crippen molar-refractivity contribution in [3.63, 3.8) is 0 Å². The minimum atomic E-state index is -0.626. The first-order valence-electron chi connectivity index (χ1n) is 4.90. The van der Waals surface area contributed by atoms with E-state index in [0.29, 0.717) is 6.42 Å². The summed E-state index contributed by atoms with van der Waals surface area (Å²) in [5.41, 5.74) is 0.143. The van der Waals surface area contributed by atoms with Crippen LogP contribution >= 0.6 is 0 Å². The zero-order valence-corrected chi connectivity index (χ0v) is 7.81. The molecule has 1 N–H and O–H groups in total. The van der Waals surface area contributed by atoms with Gasteiger partial charge in [-0.2, -0.15) is 0 Å². The van der Waals surface area contributed by atoms with Gasteiger partial charge in [-0.1, -0.05) is 26.2 Å². The van der Waals surface area contributed by atoms with Gasteiger partial charge in [-0.05, 0) is 24.7 Å². The quantitative estimate of drug-likeness (QED) is 0.707. The van der Waals surface area contributed by atoms with Gasteiger partial charge in [0.25, 0.3) is 0 Å². The van der Waals surface area contributed by atoms with E-state index >= 15 is 0 Å². The fourth-order valence-corrected chi connectivity index (χ4v) is 2.28. The maximum absolute atomic E-state index is 10.6. The van der Waals surface area contributed by atoms with Gasteiger partial charge >= 0.3 is 5.97 Å². The van der Waals surface area contributed by atoms with E-state index in [1.807, 2.05) is 0 Å². The second-order valence-electron chi connectivity index (χ2n) is 3.98. The van der Waals surface area contributed by atoms with Crippen molar-refractivity contribution in [2.45, 2.75) is 51.9 Å². The van der Waals surface area contributed by atoms with Crippen LogP contribution in [-0.2, 0) is 4.79 Å². The van der Waals surface area contributed by atoms with Gasteiger partial charge in [-0.15, -0.1) is 0 Å². The molecule has 0 bridgehead atoms. The summed E-state index contributed by atoms with van der Waals surface area (Å²) in [6, 6.07) is 0. The fraction of sp³-hybridized carbons (Fsp3) is 0.900. The van der Waals surface area contributed by atoms with E-state index in [1.54, 1.807) is 0 Å². The first-order valence-corrected chi connectivity index (χ1v) is 4.90. The summed E-state index contributed by atoms with van der Waals surface area (Å²) in [4.78, 5) is 10.6. The van der Waals surface area contributed by atoms with E-state index in [1.165, 1.54) is 19.3 Å². The molecule has 0 aromatic heterocycles. The van der Waals surface area contributed by atoms with Crippen molar-refractivity contribution in [3.05, 3.63) is 0 Å². The second-order valence-corrected chi connectivity index (χ2v) is 3.98. The number of carboxylic acids is 1. The lowest BCUT2D eigenvalue weighted by Crippen LogP contribution is -2.26. The van der Waals surface area contributed by atoms with E-state index in [9.17, 15) is 4.79 Å². The molecule has 0 aromatic rings. The zero-order chi connectivity index (χ0) is 9.03. The minimum Gasteiger partial charge on any atom is -0.481 e. The number of aliphatic carboxylic acids is 1. The Morgan fingerprint density at radius 2 is 1.92 bits per heavy atom. The third-order valence-corrected chi connectivity index (χ3v) is 3.19. The highest BCUT2D eigenvalue weighted by Gasteiger charge is 2.32. The molecule has 0 saturated heterocycles. The number of carboxylic acid groups (broad SMARTS) is 1. The normalized spacial score (nSPS) is 22.1. The summed E-state index contributed by atoms with van der Waals surface area (Å²) >= 11 is 0. The monoisotopic (exact) mass is 170 g/mol. The highest BCUT2D eigenvalue weighted by molar-refractivity contribution is 5.67. The molecule has 0 atom stereocenters. The second kappa shape index (κ2) is 3.92. The third kappa shape index (κ3) is 2.23. The van der Waals surface area contributed by atoms with Crippen LogP contribution < -0.4 is 0 Å². The lowest BCUT2D eigenvalue weighted by Gasteiger charge is -2.35. The van der Waals surface area contributed by atoms with Gasteiger partial charge < -0.3 is 5.11 Å². The maximum atomic E-state index is 10.6. The Bertz CT molecular complexity index is 157. The summed E-state index contributed by atoms with van der Waals surface area (Å²) in [5, 5.41) is 8.76. The molecule has 0 heterocycles. The van der Waals surface area contributed by atoms with E-state index in [0.717, 1.165) is 19.3 Å². The Hall–Kier alpha value is -0.530. The van der Waals surface area contributed by atoms with Crippen molar-refractivity contribution in [1.82, 2.24) is 0 Å². The van der Waals surface area contributed by atoms with Gasteiger partial charge in [0.15, 0.2) is 0 Å². The van der Waals surface area contributed by atoms with Crippen molar-refractivity contribution < 1.29 is 9.90 Å². The lowest BCUT2D eigenvalue weighted by atomic mass is 9.70. The third-order valence-electron chi connectivity index (χ3n) is 3.19. The molecule has 0 spiro atoms. The highest BCUT2D eigenvalue weighted by Crippen LogP contribution is 2.41. The van der Waals surface area contributed by atoms with Crippen LogP contribution in [-0.4, -0.2) is 11.1 Å². The van der Waals surface area contributed by atoms with Crippen LogP contribution in [0.25, 0.3) is 0 Å². The Balaban J connectivity index is 2.53. The topological polar surface area (TPSA) is 37.3 Å². The standard InChI is InChI=1S/C10H18O2/c1-2-10(8-9(11)12)6-4-3-5-7-10/h2-8H2,1H3,(H,11,12). The van der Waals surface area contributed by atoms with Gasteiger partial charge in [0.2, 0.25) is 0 Å². The number of hydrogen-bond acceptors (Lipinski definition) is 1. The van der Waals surface area contributed by atoms with E-state index in [-0.39, 0.29) is 5.41 Å². The molecule has 1 saturated carbocycles. The molecule has 70 valence electrons. The van der Waals surface area contributed by atoms with E-state index in [2.05, 4.69) is 6.92 Å². The molecule has 0 aliphatic heterocycles. The fourth-order valence-electron chi connectivity index (χ4n) is 2.28. The summed E-state index contributed by atoms with van der Waals surface area (Å²) in [7, 11) is 0. The molecule has 1 fully saturated rings. The van der Waals surface area contributed by atoms with E-state index < -0.39 is 5.97 Å². The highest BCUT2D eigenvalue weighted by atomic mass is 16.4. The predicted molar refractivity (Wildman–Crippen MR) is 48.1 cm³/mol. The summed E-state index contributed by atoms with van der Waals surface area (Å²) in [6.07, 6.45) is 7.39. The Kier molecular flexibility index (Phi) is 3.12. The predicted octanol–water partition coefficient (Wildman–Crippen LogP) is 2.82. The molecule has 0 aromatic carbocycles. The molecule has 0 unspecified atom stereocenters. The maximum Gasteiger partial charge on any atom is 0.303 e. The van der Waals surface area contributed by atoms with Gasteiger partial charge in [-0.25, -0.2) is 0 Å². The SMILES string of the molecule is CCC1(CC(=O)O)CCCCC1. The molecule has 12 heavy (non-hydrogen) atoms. The lowest BCUT2D eigenvalue weighted by molar-refractivity contribution is -0.140. The smallest absolute Gasteiger partial charge is 0.303 e. The molecule has 1 aliphatic carbocycles.